The van der Waals surface area contributed by atoms with Crippen molar-refractivity contribution in [3.05, 3.63) is 17.0 Å². The second kappa shape index (κ2) is 5.98. The fourth-order valence-corrected chi connectivity index (χ4v) is 4.31. The third kappa shape index (κ3) is 2.64. The fourth-order valence-electron chi connectivity index (χ4n) is 4.31. The van der Waals surface area contributed by atoms with E-state index in [0.717, 1.165) is 36.2 Å². The first kappa shape index (κ1) is 16.0. The van der Waals surface area contributed by atoms with Gasteiger partial charge in [0.2, 0.25) is 5.91 Å². The van der Waals surface area contributed by atoms with E-state index in [1.54, 1.807) is 9.58 Å². The molecule has 2 aliphatic rings. The van der Waals surface area contributed by atoms with Crippen molar-refractivity contribution in [1.29, 1.82) is 0 Å². The zero-order valence-electron chi connectivity index (χ0n) is 14.3. The maximum Gasteiger partial charge on any atom is 0.328 e. The van der Waals surface area contributed by atoms with E-state index in [-0.39, 0.29) is 17.8 Å². The molecule has 0 radical (unpaired) electrons. The van der Waals surface area contributed by atoms with Crippen LogP contribution in [0, 0.1) is 25.7 Å². The lowest BCUT2D eigenvalue weighted by Crippen LogP contribution is -2.44. The topological polar surface area (TPSA) is 64.4 Å². The number of aryl methyl sites for hydroxylation is 2. The first-order valence-corrected chi connectivity index (χ1v) is 8.30. The number of hydrogen-bond acceptors (Lipinski definition) is 4. The monoisotopic (exact) mass is 319 g/mol. The Morgan fingerprint density at radius 1 is 1.30 bits per heavy atom. The second-order valence-electron chi connectivity index (χ2n) is 6.82. The average Bonchev–Trinajstić information content (AvgIpc) is 3.16. The van der Waals surface area contributed by atoms with Crippen molar-refractivity contribution in [3.63, 3.8) is 0 Å². The van der Waals surface area contributed by atoms with Crippen molar-refractivity contribution < 1.29 is 14.3 Å². The van der Waals surface area contributed by atoms with Crippen molar-refractivity contribution in [3.8, 4) is 0 Å². The molecular formula is C17H25N3O3. The minimum atomic E-state index is -0.405. The standard InChI is InChI=1S/C17H25N3O3/c1-10-14(11(2)19(3)18-10)8-15(21)20-9-12-6-5-7-13(12)16(20)17(22)23-4/h12-13,16H,5-9H2,1-4H3. The molecule has 3 unspecified atom stereocenters. The molecule has 23 heavy (non-hydrogen) atoms. The highest BCUT2D eigenvalue weighted by Gasteiger charge is 2.49. The molecule has 0 N–H and O–H groups in total. The highest BCUT2D eigenvalue weighted by molar-refractivity contribution is 5.87. The third-order valence-electron chi connectivity index (χ3n) is 5.64. The number of likely N-dealkylation sites (tertiary alicyclic amines) is 1. The summed E-state index contributed by atoms with van der Waals surface area (Å²) in [6.07, 6.45) is 3.57. The van der Waals surface area contributed by atoms with E-state index in [4.69, 9.17) is 4.74 Å². The molecule has 2 fully saturated rings. The number of carbonyl (C=O) groups excluding carboxylic acids is 2. The number of fused-ring (bicyclic) bond motifs is 1. The number of carbonyl (C=O) groups is 2. The van der Waals surface area contributed by atoms with Gasteiger partial charge in [0.25, 0.3) is 0 Å². The van der Waals surface area contributed by atoms with Crippen molar-refractivity contribution >= 4 is 11.9 Å². The molecule has 6 heteroatoms. The van der Waals surface area contributed by atoms with E-state index in [1.165, 1.54) is 7.11 Å². The van der Waals surface area contributed by atoms with E-state index in [9.17, 15) is 9.59 Å². The van der Waals surface area contributed by atoms with E-state index in [1.807, 2.05) is 20.9 Å². The second-order valence-corrected chi connectivity index (χ2v) is 6.82. The molecular weight excluding hydrogens is 294 g/mol. The summed E-state index contributed by atoms with van der Waals surface area (Å²) in [5, 5.41) is 4.37. The largest absolute Gasteiger partial charge is 0.467 e. The zero-order valence-corrected chi connectivity index (χ0v) is 14.3. The lowest BCUT2D eigenvalue weighted by Gasteiger charge is -2.25. The van der Waals surface area contributed by atoms with Gasteiger partial charge in [0.1, 0.15) is 6.04 Å². The Kier molecular flexibility index (Phi) is 4.17. The Balaban J connectivity index is 1.82. The predicted octanol–water partition coefficient (Wildman–Crippen LogP) is 1.38. The molecule has 1 aliphatic heterocycles. The highest BCUT2D eigenvalue weighted by Crippen LogP contribution is 2.42. The number of esters is 1. The lowest BCUT2D eigenvalue weighted by atomic mass is 9.94. The van der Waals surface area contributed by atoms with Gasteiger partial charge in [0.15, 0.2) is 0 Å². The van der Waals surface area contributed by atoms with Crippen LogP contribution in [0.4, 0.5) is 0 Å². The average molecular weight is 319 g/mol. The Labute approximate surface area is 136 Å². The molecule has 1 aromatic rings. The summed E-state index contributed by atoms with van der Waals surface area (Å²) < 4.78 is 6.78. The van der Waals surface area contributed by atoms with Crippen LogP contribution in [0.3, 0.4) is 0 Å². The number of hydrogen-bond donors (Lipinski definition) is 0. The van der Waals surface area contributed by atoms with Crippen LogP contribution >= 0.6 is 0 Å². The summed E-state index contributed by atoms with van der Waals surface area (Å²) in [7, 11) is 3.29. The van der Waals surface area contributed by atoms with Crippen molar-refractivity contribution in [2.75, 3.05) is 13.7 Å². The minimum Gasteiger partial charge on any atom is -0.467 e. The molecule has 0 aromatic carbocycles. The minimum absolute atomic E-state index is 0.00833. The molecule has 1 aromatic heterocycles. The van der Waals surface area contributed by atoms with Crippen LogP contribution in [0.5, 0.6) is 0 Å². The summed E-state index contributed by atoms with van der Waals surface area (Å²) >= 11 is 0. The van der Waals surface area contributed by atoms with E-state index in [2.05, 4.69) is 5.10 Å². The number of aromatic nitrogens is 2. The number of nitrogens with zero attached hydrogens (tertiary/aromatic N) is 3. The molecule has 0 spiro atoms. The van der Waals surface area contributed by atoms with Crippen LogP contribution in [0.1, 0.15) is 36.2 Å². The Bertz CT molecular complexity index is 637. The maximum atomic E-state index is 12.9. The fraction of sp³-hybridized carbons (Fsp3) is 0.706. The maximum absolute atomic E-state index is 12.9. The zero-order chi connectivity index (χ0) is 16.7. The van der Waals surface area contributed by atoms with Crippen LogP contribution < -0.4 is 0 Å². The molecule has 1 saturated carbocycles. The predicted molar refractivity (Wildman–Crippen MR) is 84.7 cm³/mol. The Morgan fingerprint density at radius 2 is 2.04 bits per heavy atom. The smallest absolute Gasteiger partial charge is 0.328 e. The molecule has 3 atom stereocenters. The number of amides is 1. The molecule has 2 heterocycles. The summed E-state index contributed by atoms with van der Waals surface area (Å²) in [6.45, 7) is 4.58. The van der Waals surface area contributed by atoms with Crippen molar-refractivity contribution in [1.82, 2.24) is 14.7 Å². The summed E-state index contributed by atoms with van der Waals surface area (Å²) in [6, 6.07) is -0.405. The van der Waals surface area contributed by atoms with Crippen LogP contribution in [0.2, 0.25) is 0 Å². The van der Waals surface area contributed by atoms with Gasteiger partial charge < -0.3 is 9.64 Å². The van der Waals surface area contributed by atoms with Gasteiger partial charge in [-0.25, -0.2) is 4.79 Å². The molecule has 1 aliphatic carbocycles. The van der Waals surface area contributed by atoms with Crippen LogP contribution in [-0.2, 0) is 27.8 Å². The lowest BCUT2D eigenvalue weighted by molar-refractivity contribution is -0.152. The van der Waals surface area contributed by atoms with Gasteiger partial charge in [-0.15, -0.1) is 0 Å². The molecule has 6 nitrogen and oxygen atoms in total. The molecule has 126 valence electrons. The number of ether oxygens (including phenoxy) is 1. The first-order chi connectivity index (χ1) is 10.9. The highest BCUT2D eigenvalue weighted by atomic mass is 16.5. The van der Waals surface area contributed by atoms with Crippen LogP contribution in [0.25, 0.3) is 0 Å². The molecule has 1 saturated heterocycles. The van der Waals surface area contributed by atoms with Gasteiger partial charge in [-0.3, -0.25) is 9.48 Å². The summed E-state index contributed by atoms with van der Waals surface area (Å²) in [4.78, 5) is 26.9. The van der Waals surface area contributed by atoms with Gasteiger partial charge in [-0.1, -0.05) is 6.42 Å². The van der Waals surface area contributed by atoms with Crippen LogP contribution in [0.15, 0.2) is 0 Å². The van der Waals surface area contributed by atoms with Crippen molar-refractivity contribution in [2.24, 2.45) is 18.9 Å². The quantitative estimate of drug-likeness (QED) is 0.790. The van der Waals surface area contributed by atoms with E-state index in [0.29, 0.717) is 18.9 Å². The normalized spacial score (nSPS) is 26.4. The Morgan fingerprint density at radius 3 is 2.65 bits per heavy atom. The molecule has 0 bridgehead atoms. The molecule has 1 amide bonds. The van der Waals surface area contributed by atoms with Gasteiger partial charge in [0.05, 0.1) is 19.2 Å². The van der Waals surface area contributed by atoms with Gasteiger partial charge in [-0.05, 0) is 38.5 Å². The van der Waals surface area contributed by atoms with Crippen LogP contribution in [-0.4, -0.2) is 46.3 Å². The summed E-state index contributed by atoms with van der Waals surface area (Å²) in [5.74, 6) is 0.447. The Hall–Kier alpha value is -1.85. The SMILES string of the molecule is COC(=O)C1C2CCCC2CN1C(=O)Cc1c(C)nn(C)c1C. The van der Waals surface area contributed by atoms with Crippen molar-refractivity contribution in [2.45, 2.75) is 45.6 Å². The van der Waals surface area contributed by atoms with Gasteiger partial charge in [0, 0.05) is 24.8 Å². The molecule has 3 rings (SSSR count). The number of methoxy groups -OCH3 is 1. The van der Waals surface area contributed by atoms with Gasteiger partial charge in [-0.2, -0.15) is 5.10 Å². The van der Waals surface area contributed by atoms with E-state index < -0.39 is 6.04 Å². The van der Waals surface area contributed by atoms with E-state index >= 15 is 0 Å². The number of rotatable bonds is 3. The third-order valence-corrected chi connectivity index (χ3v) is 5.64. The first-order valence-electron chi connectivity index (χ1n) is 8.30. The van der Waals surface area contributed by atoms with Gasteiger partial charge >= 0.3 is 5.97 Å². The summed E-state index contributed by atoms with van der Waals surface area (Å²) in [5.41, 5.74) is 2.86.